The Labute approximate surface area is 119 Å². The predicted molar refractivity (Wildman–Crippen MR) is 69.2 cm³/mol. The molecule has 116 valence electrons. The number of aromatic nitrogens is 4. The molecule has 11 nitrogen and oxygen atoms in total. The van der Waals surface area contributed by atoms with Crippen LogP contribution in [0.3, 0.4) is 0 Å². The number of hydrogen-bond acceptors (Lipinski definition) is 7. The smallest absolute Gasteiger partial charge is 0.325 e. The van der Waals surface area contributed by atoms with Crippen LogP contribution in [0, 0.1) is 0 Å². The second-order valence-electron chi connectivity index (χ2n) is 4.61. The lowest BCUT2D eigenvalue weighted by Crippen LogP contribution is -2.46. The molecule has 1 atom stereocenters. The molecule has 2 amide bonds. The van der Waals surface area contributed by atoms with Crippen LogP contribution in [0.1, 0.15) is 6.42 Å². The normalized spacial score (nSPS) is 20.1. The van der Waals surface area contributed by atoms with Crippen molar-refractivity contribution < 1.29 is 23.1 Å². The monoisotopic (exact) mass is 318 g/mol. The Bertz CT molecular complexity index is 655. The Kier molecular flexibility index (Phi) is 4.06. The lowest BCUT2D eigenvalue weighted by atomic mass is 10.2. The highest BCUT2D eigenvalue weighted by molar-refractivity contribution is 7.91. The number of aryl methyl sites for hydroxylation is 1. The number of nitrogens with one attached hydrogen (secondary N) is 1. The van der Waals surface area contributed by atoms with Crippen LogP contribution in [0.25, 0.3) is 0 Å². The minimum atomic E-state index is -3.24. The zero-order valence-electron chi connectivity index (χ0n) is 11.1. The summed E-state index contributed by atoms with van der Waals surface area (Å²) in [6.07, 6.45) is 0.205. The number of carbonyl (C=O) groups is 2. The van der Waals surface area contributed by atoms with E-state index in [9.17, 15) is 18.0 Å². The third-order valence-electron chi connectivity index (χ3n) is 2.94. The Morgan fingerprint density at radius 3 is 2.71 bits per heavy atom. The van der Waals surface area contributed by atoms with E-state index < -0.39 is 34.4 Å². The van der Waals surface area contributed by atoms with Crippen LogP contribution in [0.4, 0.5) is 10.7 Å². The SMILES string of the molecule is Cn1nnc(NC(=O)N(CC(=O)O)C2CCS(=O)(=O)C2)n1. The molecular formula is C9H14N6O5S. The van der Waals surface area contributed by atoms with Crippen molar-refractivity contribution in [1.82, 2.24) is 25.1 Å². The van der Waals surface area contributed by atoms with Gasteiger partial charge in [-0.25, -0.2) is 13.2 Å². The van der Waals surface area contributed by atoms with Crippen LogP contribution in [0.15, 0.2) is 0 Å². The zero-order chi connectivity index (χ0) is 15.6. The van der Waals surface area contributed by atoms with E-state index in [-0.39, 0.29) is 23.9 Å². The molecule has 1 unspecified atom stereocenters. The van der Waals surface area contributed by atoms with E-state index in [1.165, 1.54) is 7.05 Å². The maximum Gasteiger partial charge on any atom is 0.325 e. The van der Waals surface area contributed by atoms with Crippen molar-refractivity contribution in [3.63, 3.8) is 0 Å². The molecule has 0 aliphatic carbocycles. The van der Waals surface area contributed by atoms with E-state index >= 15 is 0 Å². The van der Waals surface area contributed by atoms with Gasteiger partial charge in [-0.3, -0.25) is 10.1 Å². The van der Waals surface area contributed by atoms with E-state index in [0.29, 0.717) is 0 Å². The molecule has 1 aromatic rings. The number of carbonyl (C=O) groups excluding carboxylic acids is 1. The molecular weight excluding hydrogens is 304 g/mol. The lowest BCUT2D eigenvalue weighted by molar-refractivity contribution is -0.138. The fraction of sp³-hybridized carbons (Fsp3) is 0.667. The van der Waals surface area contributed by atoms with Crippen LogP contribution in [0.5, 0.6) is 0 Å². The highest BCUT2D eigenvalue weighted by Gasteiger charge is 2.36. The van der Waals surface area contributed by atoms with Gasteiger partial charge in [0.2, 0.25) is 0 Å². The van der Waals surface area contributed by atoms with Crippen molar-refractivity contribution >= 4 is 27.8 Å². The van der Waals surface area contributed by atoms with E-state index in [1.807, 2.05) is 0 Å². The Morgan fingerprint density at radius 1 is 1.52 bits per heavy atom. The molecule has 0 radical (unpaired) electrons. The minimum Gasteiger partial charge on any atom is -0.480 e. The predicted octanol–water partition coefficient (Wildman–Crippen LogP) is -1.68. The summed E-state index contributed by atoms with van der Waals surface area (Å²) in [5.41, 5.74) is 0. The number of rotatable bonds is 4. The first-order valence-electron chi connectivity index (χ1n) is 6.01. The number of anilines is 1. The van der Waals surface area contributed by atoms with Crippen LogP contribution >= 0.6 is 0 Å². The van der Waals surface area contributed by atoms with Crippen LogP contribution < -0.4 is 5.32 Å². The van der Waals surface area contributed by atoms with Crippen molar-refractivity contribution in [3.05, 3.63) is 0 Å². The Morgan fingerprint density at radius 2 is 2.24 bits per heavy atom. The minimum absolute atomic E-state index is 0.0650. The quantitative estimate of drug-likeness (QED) is 0.668. The van der Waals surface area contributed by atoms with Gasteiger partial charge in [-0.05, 0) is 11.6 Å². The van der Waals surface area contributed by atoms with Gasteiger partial charge < -0.3 is 10.0 Å². The summed E-state index contributed by atoms with van der Waals surface area (Å²) in [5.74, 6) is -1.63. The molecule has 21 heavy (non-hydrogen) atoms. The van der Waals surface area contributed by atoms with Crippen molar-refractivity contribution in [2.24, 2.45) is 7.05 Å². The average molecular weight is 318 g/mol. The van der Waals surface area contributed by atoms with Crippen LogP contribution in [0.2, 0.25) is 0 Å². The molecule has 1 fully saturated rings. The largest absolute Gasteiger partial charge is 0.480 e. The summed E-state index contributed by atoms with van der Waals surface area (Å²) < 4.78 is 22.9. The number of carboxylic acids is 1. The number of aliphatic carboxylic acids is 1. The van der Waals surface area contributed by atoms with E-state index in [1.54, 1.807) is 0 Å². The number of tetrazole rings is 1. The lowest BCUT2D eigenvalue weighted by Gasteiger charge is -2.25. The van der Waals surface area contributed by atoms with Gasteiger partial charge in [-0.15, -0.1) is 5.10 Å². The molecule has 1 aliphatic heterocycles. The Hall–Kier alpha value is -2.24. The number of carboxylic acid groups (broad SMARTS) is 1. The highest BCUT2D eigenvalue weighted by atomic mass is 32.2. The first-order valence-corrected chi connectivity index (χ1v) is 7.83. The molecule has 1 aliphatic rings. The van der Waals surface area contributed by atoms with Gasteiger partial charge in [0.05, 0.1) is 18.6 Å². The third-order valence-corrected chi connectivity index (χ3v) is 4.69. The molecule has 2 N–H and O–H groups in total. The topological polar surface area (TPSA) is 147 Å². The molecule has 2 rings (SSSR count). The van der Waals surface area contributed by atoms with Gasteiger partial charge in [0, 0.05) is 6.04 Å². The molecule has 12 heteroatoms. The van der Waals surface area contributed by atoms with Crippen LogP contribution in [-0.4, -0.2) is 74.7 Å². The molecule has 1 aromatic heterocycles. The van der Waals surface area contributed by atoms with Gasteiger partial charge in [-0.1, -0.05) is 5.10 Å². The number of urea groups is 1. The average Bonchev–Trinajstić information content (AvgIpc) is 2.92. The summed E-state index contributed by atoms with van der Waals surface area (Å²) in [4.78, 5) is 25.0. The second kappa shape index (κ2) is 5.63. The summed E-state index contributed by atoms with van der Waals surface area (Å²) in [5, 5.41) is 22.0. The summed E-state index contributed by atoms with van der Waals surface area (Å²) in [6, 6.07) is -1.45. The summed E-state index contributed by atoms with van der Waals surface area (Å²) in [6.45, 7) is -0.605. The first kappa shape index (κ1) is 15.2. The fourth-order valence-electron chi connectivity index (χ4n) is 2.04. The number of sulfone groups is 1. The van der Waals surface area contributed by atoms with Crippen molar-refractivity contribution in [2.75, 3.05) is 23.4 Å². The summed E-state index contributed by atoms with van der Waals surface area (Å²) in [7, 11) is -1.74. The van der Waals surface area contributed by atoms with E-state index in [4.69, 9.17) is 5.11 Å². The zero-order valence-corrected chi connectivity index (χ0v) is 11.9. The molecule has 0 aromatic carbocycles. The maximum atomic E-state index is 12.1. The standard InChI is InChI=1S/C9H14N6O5S/c1-14-12-8(11-13-14)10-9(18)15(4-7(16)17)6-2-3-21(19,20)5-6/h6H,2-5H2,1H3,(H,16,17)(H,10,12,18). The number of nitrogens with zero attached hydrogens (tertiary/aromatic N) is 5. The van der Waals surface area contributed by atoms with Gasteiger partial charge in [0.25, 0.3) is 5.95 Å². The molecule has 2 heterocycles. The van der Waals surface area contributed by atoms with Gasteiger partial charge >= 0.3 is 12.0 Å². The fourth-order valence-corrected chi connectivity index (χ4v) is 3.77. The third kappa shape index (κ3) is 3.87. The second-order valence-corrected chi connectivity index (χ2v) is 6.84. The van der Waals surface area contributed by atoms with Gasteiger partial charge in [0.15, 0.2) is 9.84 Å². The van der Waals surface area contributed by atoms with Crippen molar-refractivity contribution in [1.29, 1.82) is 0 Å². The first-order chi connectivity index (χ1) is 9.77. The van der Waals surface area contributed by atoms with Crippen LogP contribution in [-0.2, 0) is 21.7 Å². The molecule has 0 saturated carbocycles. The number of amides is 2. The Balaban J connectivity index is 2.12. The van der Waals surface area contributed by atoms with E-state index in [0.717, 1.165) is 9.70 Å². The number of hydrogen-bond donors (Lipinski definition) is 2. The van der Waals surface area contributed by atoms with Crippen molar-refractivity contribution in [2.45, 2.75) is 12.5 Å². The van der Waals surface area contributed by atoms with Gasteiger partial charge in [-0.2, -0.15) is 4.80 Å². The summed E-state index contributed by atoms with van der Waals surface area (Å²) >= 11 is 0. The molecule has 1 saturated heterocycles. The highest BCUT2D eigenvalue weighted by Crippen LogP contribution is 2.18. The molecule has 0 bridgehead atoms. The van der Waals surface area contributed by atoms with Gasteiger partial charge in [0.1, 0.15) is 6.54 Å². The van der Waals surface area contributed by atoms with Crippen molar-refractivity contribution in [3.8, 4) is 0 Å². The van der Waals surface area contributed by atoms with E-state index in [2.05, 4.69) is 20.7 Å². The maximum absolute atomic E-state index is 12.1. The molecule has 0 spiro atoms.